The number of likely N-dealkylation sites (tertiary alicyclic amines) is 1. The number of carbonyl (C=O) groups is 1. The first-order valence-electron chi connectivity index (χ1n) is 8.09. The molecule has 1 aliphatic rings. The molecule has 2 amide bonds. The summed E-state index contributed by atoms with van der Waals surface area (Å²) in [4.78, 5) is 12.8. The lowest BCUT2D eigenvalue weighted by molar-refractivity contribution is 0.193. The molecular formula is C17H27N3O. The zero-order chi connectivity index (χ0) is 15.1. The van der Waals surface area contributed by atoms with Crippen molar-refractivity contribution < 1.29 is 4.79 Å². The second-order valence-electron chi connectivity index (χ2n) is 5.90. The summed E-state index contributed by atoms with van der Waals surface area (Å²) in [6, 6.07) is 8.91. The number of hydrogen-bond acceptors (Lipinski definition) is 2. The highest BCUT2D eigenvalue weighted by atomic mass is 16.2. The highest BCUT2D eigenvalue weighted by molar-refractivity contribution is 5.72. The molecule has 0 spiro atoms. The van der Waals surface area contributed by atoms with Gasteiger partial charge < -0.3 is 16.0 Å². The van der Waals surface area contributed by atoms with Gasteiger partial charge in [-0.15, -0.1) is 0 Å². The molecule has 0 aromatic heterocycles. The minimum absolute atomic E-state index is 0.301. The van der Waals surface area contributed by atoms with E-state index >= 15 is 0 Å². The number of amides is 2. The van der Waals surface area contributed by atoms with Gasteiger partial charge in [0.1, 0.15) is 0 Å². The number of rotatable bonds is 6. The van der Waals surface area contributed by atoms with Crippen LogP contribution >= 0.6 is 0 Å². The number of primary amides is 1. The molecule has 4 nitrogen and oxygen atoms in total. The Morgan fingerprint density at radius 2 is 1.90 bits per heavy atom. The predicted octanol–water partition coefficient (Wildman–Crippen LogP) is 3.37. The molecule has 1 heterocycles. The Balaban J connectivity index is 1.77. The second-order valence-corrected chi connectivity index (χ2v) is 5.90. The summed E-state index contributed by atoms with van der Waals surface area (Å²) in [6.07, 6.45) is 6.93. The maximum absolute atomic E-state index is 11.1. The Bertz CT molecular complexity index is 436. The third-order valence-corrected chi connectivity index (χ3v) is 4.20. The average molecular weight is 289 g/mol. The smallest absolute Gasteiger partial charge is 0.314 e. The van der Waals surface area contributed by atoms with E-state index in [0.29, 0.717) is 6.04 Å². The summed E-state index contributed by atoms with van der Waals surface area (Å²) in [5.74, 6) is 0. The molecule has 1 saturated heterocycles. The first-order chi connectivity index (χ1) is 10.2. The van der Waals surface area contributed by atoms with Crippen LogP contribution in [0.2, 0.25) is 0 Å². The van der Waals surface area contributed by atoms with Gasteiger partial charge in [0.15, 0.2) is 0 Å². The van der Waals surface area contributed by atoms with E-state index in [2.05, 4.69) is 36.5 Å². The van der Waals surface area contributed by atoms with Crippen molar-refractivity contribution in [1.82, 2.24) is 4.90 Å². The van der Waals surface area contributed by atoms with Crippen molar-refractivity contribution in [2.75, 3.05) is 18.4 Å². The highest BCUT2D eigenvalue weighted by Gasteiger charge is 2.20. The van der Waals surface area contributed by atoms with E-state index in [1.54, 1.807) is 4.90 Å². The molecule has 0 saturated carbocycles. The lowest BCUT2D eigenvalue weighted by Gasteiger charge is -2.31. The standard InChI is InChI=1S/C17H27N3O/c1-2-3-4-5-14-6-8-15(9-7-14)19-16-10-12-20(13-11-16)17(18)21/h6-9,16,19H,2-5,10-13H2,1H3,(H2,18,21). The van der Waals surface area contributed by atoms with Gasteiger partial charge in [0.05, 0.1) is 0 Å². The number of aryl methyl sites for hydroxylation is 1. The third-order valence-electron chi connectivity index (χ3n) is 4.20. The molecule has 0 radical (unpaired) electrons. The zero-order valence-electron chi connectivity index (χ0n) is 13.0. The van der Waals surface area contributed by atoms with Crippen LogP contribution in [0.15, 0.2) is 24.3 Å². The molecule has 1 aromatic carbocycles. The summed E-state index contributed by atoms with van der Waals surface area (Å²) in [5.41, 5.74) is 7.89. The second kappa shape index (κ2) is 7.91. The van der Waals surface area contributed by atoms with Crippen LogP contribution in [-0.4, -0.2) is 30.1 Å². The molecule has 3 N–H and O–H groups in total. The normalized spacial score (nSPS) is 16.0. The number of urea groups is 1. The van der Waals surface area contributed by atoms with Gasteiger partial charge in [0.25, 0.3) is 0 Å². The van der Waals surface area contributed by atoms with E-state index in [9.17, 15) is 4.79 Å². The summed E-state index contributed by atoms with van der Waals surface area (Å²) in [6.45, 7) is 3.74. The summed E-state index contributed by atoms with van der Waals surface area (Å²) in [7, 11) is 0. The van der Waals surface area contributed by atoms with Gasteiger partial charge in [-0.05, 0) is 43.4 Å². The fraction of sp³-hybridized carbons (Fsp3) is 0.588. The Morgan fingerprint density at radius 3 is 2.48 bits per heavy atom. The van der Waals surface area contributed by atoms with Gasteiger partial charge in [-0.3, -0.25) is 0 Å². The van der Waals surface area contributed by atoms with Gasteiger partial charge in [0, 0.05) is 24.8 Å². The molecular weight excluding hydrogens is 262 g/mol. The largest absolute Gasteiger partial charge is 0.382 e. The lowest BCUT2D eigenvalue weighted by Crippen LogP contribution is -2.44. The fourth-order valence-electron chi connectivity index (χ4n) is 2.83. The molecule has 4 heteroatoms. The Kier molecular flexibility index (Phi) is 5.90. The van der Waals surface area contributed by atoms with E-state index in [0.717, 1.165) is 25.9 Å². The SMILES string of the molecule is CCCCCc1ccc(NC2CCN(C(N)=O)CC2)cc1. The van der Waals surface area contributed by atoms with Crippen LogP contribution in [0.25, 0.3) is 0 Å². The maximum atomic E-state index is 11.1. The van der Waals surface area contributed by atoms with Crippen LogP contribution < -0.4 is 11.1 Å². The van der Waals surface area contributed by atoms with Crippen LogP contribution in [0.3, 0.4) is 0 Å². The predicted molar refractivity (Wildman–Crippen MR) is 87.5 cm³/mol. The van der Waals surface area contributed by atoms with Crippen molar-refractivity contribution in [3.63, 3.8) is 0 Å². The number of nitrogens with zero attached hydrogens (tertiary/aromatic N) is 1. The molecule has 1 fully saturated rings. The number of nitrogens with two attached hydrogens (primary N) is 1. The van der Waals surface area contributed by atoms with E-state index in [1.807, 2.05) is 0 Å². The number of carbonyl (C=O) groups excluding carboxylic acids is 1. The van der Waals surface area contributed by atoms with Crippen LogP contribution in [0.1, 0.15) is 44.6 Å². The van der Waals surface area contributed by atoms with Crippen molar-refractivity contribution in [2.24, 2.45) is 5.73 Å². The number of anilines is 1. The van der Waals surface area contributed by atoms with Gasteiger partial charge in [-0.2, -0.15) is 0 Å². The number of unbranched alkanes of at least 4 members (excludes halogenated alkanes) is 2. The third kappa shape index (κ3) is 4.96. The highest BCUT2D eigenvalue weighted by Crippen LogP contribution is 2.18. The molecule has 1 aromatic rings. The number of benzene rings is 1. The van der Waals surface area contributed by atoms with Crippen molar-refractivity contribution in [3.05, 3.63) is 29.8 Å². The molecule has 0 bridgehead atoms. The molecule has 21 heavy (non-hydrogen) atoms. The number of hydrogen-bond donors (Lipinski definition) is 2. The minimum atomic E-state index is -0.301. The Labute approximate surface area is 127 Å². The molecule has 1 aliphatic heterocycles. The van der Waals surface area contributed by atoms with Crippen LogP contribution in [0.4, 0.5) is 10.5 Å². The number of nitrogens with one attached hydrogen (secondary N) is 1. The summed E-state index contributed by atoms with van der Waals surface area (Å²) in [5, 5.41) is 3.56. The van der Waals surface area contributed by atoms with E-state index < -0.39 is 0 Å². The molecule has 116 valence electrons. The van der Waals surface area contributed by atoms with E-state index in [1.165, 1.54) is 36.9 Å². The van der Waals surface area contributed by atoms with Crippen LogP contribution in [0.5, 0.6) is 0 Å². The van der Waals surface area contributed by atoms with Crippen LogP contribution in [0, 0.1) is 0 Å². The first-order valence-corrected chi connectivity index (χ1v) is 8.09. The van der Waals surface area contributed by atoms with Crippen molar-refractivity contribution >= 4 is 11.7 Å². The van der Waals surface area contributed by atoms with E-state index in [4.69, 9.17) is 5.73 Å². The summed E-state index contributed by atoms with van der Waals surface area (Å²) >= 11 is 0. The van der Waals surface area contributed by atoms with Gasteiger partial charge >= 0.3 is 6.03 Å². The quantitative estimate of drug-likeness (QED) is 0.789. The fourth-order valence-corrected chi connectivity index (χ4v) is 2.83. The lowest BCUT2D eigenvalue weighted by atomic mass is 10.0. The molecule has 0 unspecified atom stereocenters. The number of piperidine rings is 1. The van der Waals surface area contributed by atoms with Gasteiger partial charge in [-0.1, -0.05) is 31.9 Å². The summed E-state index contributed by atoms with van der Waals surface area (Å²) < 4.78 is 0. The Hall–Kier alpha value is -1.71. The van der Waals surface area contributed by atoms with Gasteiger partial charge in [-0.25, -0.2) is 4.79 Å². The van der Waals surface area contributed by atoms with E-state index in [-0.39, 0.29) is 6.03 Å². The molecule has 0 atom stereocenters. The van der Waals surface area contributed by atoms with Crippen molar-refractivity contribution in [2.45, 2.75) is 51.5 Å². The van der Waals surface area contributed by atoms with Crippen LogP contribution in [-0.2, 0) is 6.42 Å². The van der Waals surface area contributed by atoms with Crippen molar-refractivity contribution in [3.8, 4) is 0 Å². The van der Waals surface area contributed by atoms with Crippen molar-refractivity contribution in [1.29, 1.82) is 0 Å². The molecule has 2 rings (SSSR count). The van der Waals surface area contributed by atoms with Gasteiger partial charge in [0.2, 0.25) is 0 Å². The topological polar surface area (TPSA) is 58.4 Å². The monoisotopic (exact) mass is 289 g/mol. The Morgan fingerprint density at radius 1 is 1.24 bits per heavy atom. The average Bonchev–Trinajstić information content (AvgIpc) is 2.50. The first kappa shape index (κ1) is 15.7. The maximum Gasteiger partial charge on any atom is 0.314 e. The zero-order valence-corrected chi connectivity index (χ0v) is 13.0. The molecule has 0 aliphatic carbocycles. The minimum Gasteiger partial charge on any atom is -0.382 e.